The first kappa shape index (κ1) is 14.4. The predicted octanol–water partition coefficient (Wildman–Crippen LogP) is 3.88. The second-order valence-electron chi connectivity index (χ2n) is 4.64. The number of benzene rings is 2. The van der Waals surface area contributed by atoms with Gasteiger partial charge in [0, 0.05) is 11.6 Å². The molecule has 0 spiro atoms. The summed E-state index contributed by atoms with van der Waals surface area (Å²) in [6, 6.07) is 13.0. The Morgan fingerprint density at radius 1 is 1.27 bits per heavy atom. The monoisotopic (exact) mass is 316 g/mol. The molecule has 0 aliphatic heterocycles. The van der Waals surface area contributed by atoms with Gasteiger partial charge in [0.1, 0.15) is 11.1 Å². The highest BCUT2D eigenvalue weighted by molar-refractivity contribution is 6.30. The van der Waals surface area contributed by atoms with Crippen molar-refractivity contribution in [2.75, 3.05) is 12.4 Å². The van der Waals surface area contributed by atoms with Crippen molar-refractivity contribution in [3.63, 3.8) is 0 Å². The van der Waals surface area contributed by atoms with E-state index in [2.05, 4.69) is 10.3 Å². The molecular weight excluding hydrogens is 304 g/mol. The summed E-state index contributed by atoms with van der Waals surface area (Å²) in [4.78, 5) is 16.0. The fourth-order valence-electron chi connectivity index (χ4n) is 2.08. The molecule has 5 nitrogen and oxygen atoms in total. The lowest BCUT2D eigenvalue weighted by Gasteiger charge is -2.02. The minimum Gasteiger partial charge on any atom is -0.465 e. The van der Waals surface area contributed by atoms with Gasteiger partial charge < -0.3 is 14.5 Å². The highest BCUT2D eigenvalue weighted by atomic mass is 35.5. The maximum Gasteiger partial charge on any atom is 0.341 e. The summed E-state index contributed by atoms with van der Waals surface area (Å²) >= 11 is 5.85. The Morgan fingerprint density at radius 3 is 2.77 bits per heavy atom. The maximum atomic E-state index is 11.7. The van der Waals surface area contributed by atoms with Gasteiger partial charge in [0.25, 0.3) is 6.01 Å². The Balaban J connectivity index is 1.83. The molecule has 0 fully saturated rings. The summed E-state index contributed by atoms with van der Waals surface area (Å²) in [5.41, 5.74) is 2.40. The van der Waals surface area contributed by atoms with Crippen LogP contribution in [-0.4, -0.2) is 18.1 Å². The number of esters is 1. The number of anilines is 1. The predicted molar refractivity (Wildman–Crippen MR) is 84.1 cm³/mol. The zero-order valence-electron chi connectivity index (χ0n) is 11.8. The molecule has 0 atom stereocenters. The lowest BCUT2D eigenvalue weighted by molar-refractivity contribution is 0.0602. The van der Waals surface area contributed by atoms with Crippen molar-refractivity contribution in [2.24, 2.45) is 0 Å². The first-order valence-electron chi connectivity index (χ1n) is 6.63. The van der Waals surface area contributed by atoms with Crippen LogP contribution in [0.1, 0.15) is 15.9 Å². The van der Waals surface area contributed by atoms with Crippen LogP contribution in [0.4, 0.5) is 6.01 Å². The van der Waals surface area contributed by atoms with Gasteiger partial charge in [-0.1, -0.05) is 29.8 Å². The first-order valence-corrected chi connectivity index (χ1v) is 7.01. The minimum atomic E-state index is -0.453. The second-order valence-corrected chi connectivity index (χ2v) is 5.08. The average Bonchev–Trinajstić information content (AvgIpc) is 2.96. The van der Waals surface area contributed by atoms with Gasteiger partial charge in [0.15, 0.2) is 5.58 Å². The number of rotatable bonds is 4. The molecule has 0 amide bonds. The van der Waals surface area contributed by atoms with Crippen molar-refractivity contribution in [2.45, 2.75) is 6.54 Å². The van der Waals surface area contributed by atoms with Crippen LogP contribution in [0, 0.1) is 0 Å². The van der Waals surface area contributed by atoms with Crippen LogP contribution in [0.15, 0.2) is 46.9 Å². The van der Waals surface area contributed by atoms with E-state index < -0.39 is 5.97 Å². The molecule has 1 N–H and O–H groups in total. The molecule has 0 aliphatic carbocycles. The van der Waals surface area contributed by atoms with E-state index in [-0.39, 0.29) is 0 Å². The SMILES string of the molecule is COC(=O)c1cccc2nc(NCc3ccc(Cl)cc3)oc12. The van der Waals surface area contributed by atoms with E-state index in [1.165, 1.54) is 7.11 Å². The van der Waals surface area contributed by atoms with Gasteiger partial charge >= 0.3 is 5.97 Å². The zero-order chi connectivity index (χ0) is 15.5. The van der Waals surface area contributed by atoms with E-state index in [1.807, 2.05) is 24.3 Å². The van der Waals surface area contributed by atoms with Crippen LogP contribution in [0.3, 0.4) is 0 Å². The molecule has 0 unspecified atom stereocenters. The molecule has 6 heteroatoms. The number of hydrogen-bond acceptors (Lipinski definition) is 5. The number of methoxy groups -OCH3 is 1. The number of carbonyl (C=O) groups excluding carboxylic acids is 1. The van der Waals surface area contributed by atoms with Gasteiger partial charge in [0.2, 0.25) is 0 Å². The number of nitrogens with zero attached hydrogens (tertiary/aromatic N) is 1. The number of carbonyl (C=O) groups is 1. The Hall–Kier alpha value is -2.53. The number of nitrogens with one attached hydrogen (secondary N) is 1. The molecule has 0 radical (unpaired) electrons. The first-order chi connectivity index (χ1) is 10.7. The normalized spacial score (nSPS) is 10.6. The topological polar surface area (TPSA) is 64.4 Å². The number of hydrogen-bond donors (Lipinski definition) is 1. The van der Waals surface area contributed by atoms with E-state index in [1.54, 1.807) is 18.2 Å². The largest absolute Gasteiger partial charge is 0.465 e. The third-order valence-electron chi connectivity index (χ3n) is 3.18. The standard InChI is InChI=1S/C16H13ClN2O3/c1-21-15(20)12-3-2-4-13-14(12)22-16(19-13)18-9-10-5-7-11(17)8-6-10/h2-8H,9H2,1H3,(H,18,19). The molecular formula is C16H13ClN2O3. The van der Waals surface area contributed by atoms with Crippen molar-refractivity contribution in [1.29, 1.82) is 0 Å². The maximum absolute atomic E-state index is 11.7. The summed E-state index contributed by atoms with van der Waals surface area (Å²) < 4.78 is 10.4. The fourth-order valence-corrected chi connectivity index (χ4v) is 2.20. The zero-order valence-corrected chi connectivity index (χ0v) is 12.6. The number of halogens is 1. The lowest BCUT2D eigenvalue weighted by atomic mass is 10.2. The van der Waals surface area contributed by atoms with E-state index in [9.17, 15) is 4.79 Å². The third-order valence-corrected chi connectivity index (χ3v) is 3.43. The Kier molecular flexibility index (Phi) is 3.98. The van der Waals surface area contributed by atoms with Crippen molar-refractivity contribution >= 4 is 34.7 Å². The summed E-state index contributed by atoms with van der Waals surface area (Å²) in [5.74, 6) is -0.453. The molecule has 3 aromatic rings. The lowest BCUT2D eigenvalue weighted by Crippen LogP contribution is -2.01. The van der Waals surface area contributed by atoms with Gasteiger partial charge in [-0.05, 0) is 29.8 Å². The van der Waals surface area contributed by atoms with Gasteiger partial charge in [-0.3, -0.25) is 0 Å². The van der Waals surface area contributed by atoms with Crippen molar-refractivity contribution in [3.8, 4) is 0 Å². The van der Waals surface area contributed by atoms with Gasteiger partial charge in [0.05, 0.1) is 7.11 Å². The van der Waals surface area contributed by atoms with Gasteiger partial charge in [-0.15, -0.1) is 0 Å². The van der Waals surface area contributed by atoms with Crippen LogP contribution in [0.5, 0.6) is 0 Å². The second kappa shape index (κ2) is 6.07. The highest BCUT2D eigenvalue weighted by Gasteiger charge is 2.15. The average molecular weight is 317 g/mol. The molecule has 0 saturated heterocycles. The number of ether oxygens (including phenoxy) is 1. The third kappa shape index (κ3) is 2.89. The van der Waals surface area contributed by atoms with Gasteiger partial charge in [-0.25, -0.2) is 4.79 Å². The number of oxazole rings is 1. The minimum absolute atomic E-state index is 0.348. The number of aromatic nitrogens is 1. The number of fused-ring (bicyclic) bond motifs is 1. The molecule has 0 saturated carbocycles. The summed E-state index contributed by atoms with van der Waals surface area (Å²) in [5, 5.41) is 3.77. The molecule has 1 heterocycles. The quantitative estimate of drug-likeness (QED) is 0.740. The molecule has 1 aromatic heterocycles. The van der Waals surface area contributed by atoms with Crippen molar-refractivity contribution < 1.29 is 13.9 Å². The van der Waals surface area contributed by atoms with Crippen LogP contribution in [0.25, 0.3) is 11.1 Å². The molecule has 112 valence electrons. The smallest absolute Gasteiger partial charge is 0.341 e. The van der Waals surface area contributed by atoms with Crippen LogP contribution < -0.4 is 5.32 Å². The Bertz CT molecular complexity index is 812. The van der Waals surface area contributed by atoms with E-state index in [4.69, 9.17) is 20.8 Å². The fraction of sp³-hybridized carbons (Fsp3) is 0.125. The Labute approximate surface area is 131 Å². The van der Waals surface area contributed by atoms with Crippen molar-refractivity contribution in [3.05, 3.63) is 58.6 Å². The molecule has 3 rings (SSSR count). The van der Waals surface area contributed by atoms with Crippen LogP contribution >= 0.6 is 11.6 Å². The molecule has 0 aliphatic rings. The van der Waals surface area contributed by atoms with Gasteiger partial charge in [-0.2, -0.15) is 4.98 Å². The van der Waals surface area contributed by atoms with E-state index in [0.717, 1.165) is 5.56 Å². The molecule has 0 bridgehead atoms. The molecule has 22 heavy (non-hydrogen) atoms. The highest BCUT2D eigenvalue weighted by Crippen LogP contribution is 2.23. The summed E-state index contributed by atoms with van der Waals surface area (Å²) in [7, 11) is 1.33. The van der Waals surface area contributed by atoms with Crippen LogP contribution in [0.2, 0.25) is 5.02 Å². The summed E-state index contributed by atoms with van der Waals surface area (Å²) in [6.07, 6.45) is 0. The van der Waals surface area contributed by atoms with E-state index >= 15 is 0 Å². The van der Waals surface area contributed by atoms with E-state index in [0.29, 0.717) is 34.2 Å². The van der Waals surface area contributed by atoms with Crippen molar-refractivity contribution in [1.82, 2.24) is 4.98 Å². The number of para-hydroxylation sites is 1. The Morgan fingerprint density at radius 2 is 2.05 bits per heavy atom. The van der Waals surface area contributed by atoms with Crippen LogP contribution in [-0.2, 0) is 11.3 Å². The molecule has 2 aromatic carbocycles. The summed E-state index contributed by atoms with van der Waals surface area (Å²) in [6.45, 7) is 0.539.